The number of ether oxygens (including phenoxy) is 4. The second-order valence-electron chi connectivity index (χ2n) is 21.7. The zero-order valence-corrected chi connectivity index (χ0v) is 56.1. The quantitative estimate of drug-likeness (QED) is 0.0143. The van der Waals surface area contributed by atoms with Crippen LogP contribution in [0.25, 0.3) is 0 Å². The number of ketones is 4. The first-order valence-electron chi connectivity index (χ1n) is 30.8. The van der Waals surface area contributed by atoms with E-state index in [1.807, 2.05) is 20.8 Å². The van der Waals surface area contributed by atoms with Crippen LogP contribution in [0.2, 0.25) is 0 Å². The van der Waals surface area contributed by atoms with E-state index in [4.69, 9.17) is 24.1 Å². The monoisotopic (exact) mass is 1310 g/mol. The standard InChI is InChI=1S/C60H104N4O17S5/c1-45(48(4)66)41-82-85-44-50(49(5)67)37-54(69)46(2)42-83-84-43-47(3)60(77)86-64-51(38-65)23-20-21-29-61-57(72)40-81-36-33-78-31-22-24-52(68)39-80-35-34-79-32-30-62-55(70)28-27-53(59(75)76)63-56(71)25-18-16-14-12-10-8-6-7-9-11-13-15-17-19-26-58(73)74/h38,45-47,50-51,53,64H,6-37,39-44H2,1-5H3,(H,61,72)(H,62,70)(H,63,71)(H,73,74)(H,75,76)/t45-,46-,47-,50-,51-,53-/m0/s1. The third kappa shape index (κ3) is 51.8. The lowest BCUT2D eigenvalue weighted by Crippen LogP contribution is -2.41. The summed E-state index contributed by atoms with van der Waals surface area (Å²) in [7, 11) is 6.09. The Bertz CT molecular complexity index is 1930. The van der Waals surface area contributed by atoms with Gasteiger partial charge in [-0.3, -0.25) is 43.2 Å². The molecule has 21 nitrogen and oxygen atoms in total. The Balaban J connectivity index is 3.85. The molecule has 0 aromatic heterocycles. The van der Waals surface area contributed by atoms with Crippen molar-refractivity contribution in [3.8, 4) is 0 Å². The molecule has 0 aliphatic rings. The maximum atomic E-state index is 12.9. The summed E-state index contributed by atoms with van der Waals surface area (Å²) in [6.45, 7) is 10.3. The second-order valence-corrected chi connectivity index (χ2v) is 27.7. The second kappa shape index (κ2) is 57.1. The fourth-order valence-electron chi connectivity index (χ4n) is 7.85. The third-order valence-electron chi connectivity index (χ3n) is 13.7. The van der Waals surface area contributed by atoms with Gasteiger partial charge in [-0.2, -0.15) is 0 Å². The van der Waals surface area contributed by atoms with Crippen LogP contribution >= 0.6 is 55.1 Å². The highest BCUT2D eigenvalue weighted by atomic mass is 33.1. The fourth-order valence-corrected chi connectivity index (χ4v) is 14.2. The molecule has 0 aromatic rings. The molecule has 0 saturated heterocycles. The number of carboxylic acids is 2. The summed E-state index contributed by atoms with van der Waals surface area (Å²) in [6.07, 6.45) is 18.8. The van der Waals surface area contributed by atoms with E-state index in [9.17, 15) is 57.8 Å². The number of carbonyl (C=O) groups excluding carboxylic acids is 9. The highest BCUT2D eigenvalue weighted by Crippen LogP contribution is 2.31. The molecule has 3 amide bonds. The molecule has 0 aromatic carbocycles. The lowest BCUT2D eigenvalue weighted by Gasteiger charge is -2.16. The first-order valence-corrected chi connectivity index (χ1v) is 36.6. The molecule has 0 rings (SSSR count). The van der Waals surface area contributed by atoms with Gasteiger partial charge in [-0.25, -0.2) is 9.52 Å². The Morgan fingerprint density at radius 1 is 0.477 bits per heavy atom. The van der Waals surface area contributed by atoms with Gasteiger partial charge in [0.1, 0.15) is 42.9 Å². The number of rotatable bonds is 63. The van der Waals surface area contributed by atoms with Crippen LogP contribution in [-0.2, 0) is 71.7 Å². The van der Waals surface area contributed by atoms with Gasteiger partial charge in [0.25, 0.3) is 0 Å². The first-order chi connectivity index (χ1) is 41.3. The predicted molar refractivity (Wildman–Crippen MR) is 345 cm³/mol. The maximum absolute atomic E-state index is 12.9. The number of carbonyl (C=O) groups is 11. The number of carboxylic acid groups (broad SMARTS) is 2. The number of unbranched alkanes of at least 4 members (excludes halogenated alkanes) is 14. The number of amides is 3. The van der Waals surface area contributed by atoms with Crippen LogP contribution in [0.3, 0.4) is 0 Å². The predicted octanol–water partition coefficient (Wildman–Crippen LogP) is 9.24. The minimum Gasteiger partial charge on any atom is -0.481 e. The molecule has 0 aliphatic carbocycles. The van der Waals surface area contributed by atoms with Gasteiger partial charge >= 0.3 is 11.9 Å². The Kier molecular flexibility index (Phi) is 55.1. The van der Waals surface area contributed by atoms with Crippen molar-refractivity contribution < 1.29 is 81.9 Å². The lowest BCUT2D eigenvalue weighted by atomic mass is 9.95. The first kappa shape index (κ1) is 82.9. The Labute approximate surface area is 532 Å². The highest BCUT2D eigenvalue weighted by molar-refractivity contribution is 8.77. The van der Waals surface area contributed by atoms with Crippen LogP contribution in [0.4, 0.5) is 0 Å². The van der Waals surface area contributed by atoms with Crippen LogP contribution < -0.4 is 20.7 Å². The van der Waals surface area contributed by atoms with Crippen LogP contribution in [0.5, 0.6) is 0 Å². The van der Waals surface area contributed by atoms with E-state index in [2.05, 4.69) is 20.7 Å². The van der Waals surface area contributed by atoms with Gasteiger partial charge in [0.05, 0.1) is 39.1 Å². The van der Waals surface area contributed by atoms with E-state index in [0.717, 1.165) is 63.2 Å². The van der Waals surface area contributed by atoms with Gasteiger partial charge in [-0.1, -0.05) is 141 Å². The van der Waals surface area contributed by atoms with Crippen molar-refractivity contribution >= 4 is 119 Å². The molecule has 0 bridgehead atoms. The zero-order chi connectivity index (χ0) is 64.0. The summed E-state index contributed by atoms with van der Waals surface area (Å²) in [6, 6.07) is -1.69. The molecule has 26 heteroatoms. The number of hydrogen-bond acceptors (Lipinski definition) is 21. The average molecular weight is 1310 g/mol. The van der Waals surface area contributed by atoms with E-state index >= 15 is 0 Å². The van der Waals surface area contributed by atoms with Gasteiger partial charge in [-0.15, -0.1) is 0 Å². The molecule has 0 aliphatic heterocycles. The van der Waals surface area contributed by atoms with Crippen molar-refractivity contribution in [1.82, 2.24) is 20.7 Å². The van der Waals surface area contributed by atoms with E-state index in [1.165, 1.54) is 77.8 Å². The highest BCUT2D eigenvalue weighted by Gasteiger charge is 2.24. The van der Waals surface area contributed by atoms with E-state index < -0.39 is 24.0 Å². The lowest BCUT2D eigenvalue weighted by molar-refractivity contribution is -0.142. The average Bonchev–Trinajstić information content (AvgIpc) is 3.60. The number of aldehydes is 1. The summed E-state index contributed by atoms with van der Waals surface area (Å²) in [5.41, 5.74) is 0. The topological polar surface area (TPSA) is 313 Å². The number of nitrogens with one attached hydrogen (secondary N) is 4. The maximum Gasteiger partial charge on any atom is 0.326 e. The van der Waals surface area contributed by atoms with Crippen LogP contribution in [0.1, 0.15) is 189 Å². The molecule has 0 unspecified atom stereocenters. The largest absolute Gasteiger partial charge is 0.481 e. The molecule has 0 fully saturated rings. The van der Waals surface area contributed by atoms with Crippen molar-refractivity contribution in [2.24, 2.45) is 23.7 Å². The Hall–Kier alpha value is -3.08. The molecule has 6 atom stereocenters. The summed E-state index contributed by atoms with van der Waals surface area (Å²) >= 11 is 0.909. The smallest absolute Gasteiger partial charge is 0.326 e. The minimum absolute atomic E-state index is 0.0215. The van der Waals surface area contributed by atoms with Crippen molar-refractivity contribution in [3.05, 3.63) is 0 Å². The fraction of sp³-hybridized carbons (Fsp3) is 0.817. The van der Waals surface area contributed by atoms with Gasteiger partial charge in [0.2, 0.25) is 22.8 Å². The van der Waals surface area contributed by atoms with E-state index in [0.29, 0.717) is 68.3 Å². The molecule has 496 valence electrons. The van der Waals surface area contributed by atoms with E-state index in [-0.39, 0.29) is 161 Å². The number of Topliss-reactive ketones (excluding diaryl/α,β-unsaturated/α-hetero) is 4. The Morgan fingerprint density at radius 2 is 1.00 bits per heavy atom. The summed E-state index contributed by atoms with van der Waals surface area (Å²) in [5.74, 6) is -1.54. The molecule has 0 radical (unpaired) electrons. The molecule has 0 spiro atoms. The third-order valence-corrected chi connectivity index (χ3v) is 20.1. The van der Waals surface area contributed by atoms with Gasteiger partial charge in [0, 0.05) is 98.5 Å². The van der Waals surface area contributed by atoms with E-state index in [1.54, 1.807) is 17.7 Å². The van der Waals surface area contributed by atoms with Gasteiger partial charge in [-0.05, 0) is 70.7 Å². The van der Waals surface area contributed by atoms with Gasteiger partial charge in [0.15, 0.2) is 5.78 Å². The van der Waals surface area contributed by atoms with Crippen molar-refractivity contribution in [1.29, 1.82) is 0 Å². The molecular weight excluding hydrogens is 1210 g/mol. The van der Waals surface area contributed by atoms with Crippen LogP contribution in [0.15, 0.2) is 0 Å². The molecule has 86 heavy (non-hydrogen) atoms. The summed E-state index contributed by atoms with van der Waals surface area (Å²) < 4.78 is 24.6. The van der Waals surface area contributed by atoms with Crippen LogP contribution in [0, 0.1) is 23.7 Å². The molecule has 6 N–H and O–H groups in total. The molecule has 0 saturated carbocycles. The van der Waals surface area contributed by atoms with Crippen LogP contribution in [-0.4, -0.2) is 175 Å². The number of aliphatic carboxylic acids is 2. The normalized spacial score (nSPS) is 13.4. The number of hydrogen-bond donors (Lipinski definition) is 6. The Morgan fingerprint density at radius 3 is 1.57 bits per heavy atom. The minimum atomic E-state index is -1.19. The van der Waals surface area contributed by atoms with Crippen molar-refractivity contribution in [3.63, 3.8) is 0 Å². The van der Waals surface area contributed by atoms with Crippen molar-refractivity contribution in [2.75, 3.05) is 89.0 Å². The summed E-state index contributed by atoms with van der Waals surface area (Å²) in [5, 5.41) is 26.1. The zero-order valence-electron chi connectivity index (χ0n) is 52.0. The van der Waals surface area contributed by atoms with Gasteiger partial charge < -0.3 is 49.9 Å². The summed E-state index contributed by atoms with van der Waals surface area (Å²) in [4.78, 5) is 132. The molecular formula is C60H104N4O17S5. The van der Waals surface area contributed by atoms with Crippen molar-refractivity contribution in [2.45, 2.75) is 201 Å². The SMILES string of the molecule is CC(=O)[C@H](CSSC[C@H](C)C(C)=O)CC(=O)[C@@H](C)CSSC[C@H](C)C(=O)SN[C@H](C=O)CCCCNC(=O)COCCOCCCC(=O)COCCOCCNC(=O)CC[C@H](NC(=O)CCCCCCCCCCCCCCCCC(=O)O)C(=O)O. The molecule has 0 heterocycles.